The van der Waals surface area contributed by atoms with Crippen LogP contribution in [0.2, 0.25) is 0 Å². The van der Waals surface area contributed by atoms with Gasteiger partial charge in [0.2, 0.25) is 17.6 Å². The van der Waals surface area contributed by atoms with Crippen molar-refractivity contribution in [2.45, 2.75) is 94.3 Å². The zero-order chi connectivity index (χ0) is 30.8. The Morgan fingerprint density at radius 2 is 1.79 bits per heavy atom. The molecule has 9 heteroatoms. The number of rotatable bonds is 12. The summed E-state index contributed by atoms with van der Waals surface area (Å²) in [7, 11) is 3.93. The van der Waals surface area contributed by atoms with Crippen molar-refractivity contribution in [2.75, 3.05) is 33.8 Å². The monoisotopic (exact) mass is 593 g/mol. The fraction of sp³-hybridized carbons (Fsp3) is 0.588. The van der Waals surface area contributed by atoms with Gasteiger partial charge in [0.25, 0.3) is 0 Å². The van der Waals surface area contributed by atoms with Crippen molar-refractivity contribution in [3.05, 3.63) is 70.3 Å². The predicted octanol–water partition coefficient (Wildman–Crippen LogP) is 2.71. The molecule has 3 fully saturated rings. The first-order chi connectivity index (χ1) is 20.4. The molecule has 2 aliphatic heterocycles. The molecular formula is C34H47N3O6. The first kappa shape index (κ1) is 31.6. The van der Waals surface area contributed by atoms with E-state index >= 15 is 0 Å². The molecule has 4 N–H and O–H groups in total. The van der Waals surface area contributed by atoms with Crippen LogP contribution in [-0.4, -0.2) is 84.1 Å². The minimum absolute atomic E-state index is 0.0694. The lowest BCUT2D eigenvalue weighted by atomic mass is 9.75. The molecule has 2 heterocycles. The van der Waals surface area contributed by atoms with E-state index in [1.807, 2.05) is 44.1 Å². The van der Waals surface area contributed by atoms with Crippen molar-refractivity contribution in [2.24, 2.45) is 0 Å². The number of likely N-dealkylation sites (N-methyl/N-ethyl adjacent to an activating group) is 1. The lowest BCUT2D eigenvalue weighted by Gasteiger charge is -2.42. The number of fused-ring (bicyclic) bond motifs is 2. The Labute approximate surface area is 254 Å². The third-order valence-electron chi connectivity index (χ3n) is 9.29. The van der Waals surface area contributed by atoms with Crippen LogP contribution in [0, 0.1) is 6.92 Å². The van der Waals surface area contributed by atoms with E-state index in [0.717, 1.165) is 41.6 Å². The number of carbonyl (C=O) groups is 2. The first-order valence-electron chi connectivity index (χ1n) is 15.6. The summed E-state index contributed by atoms with van der Waals surface area (Å²) in [6, 6.07) is 14.4. The highest BCUT2D eigenvalue weighted by atomic mass is 16.8. The van der Waals surface area contributed by atoms with Gasteiger partial charge in [-0.25, -0.2) is 0 Å². The maximum atomic E-state index is 12.7. The third-order valence-corrected chi connectivity index (χ3v) is 9.29. The number of amides is 2. The SMILES string of the molecule is Cc1ccc([C@@]23OC[C@@](C)(C[C@H](O)[C@H]2O)O3)cc1Cc1ccc(CCCC(=O)NC2(C(=O)NCCN(C)C)CCC2)cc1. The average molecular weight is 594 g/mol. The maximum Gasteiger partial charge on any atom is 0.245 e. The normalized spacial score (nSPS) is 27.5. The van der Waals surface area contributed by atoms with Crippen LogP contribution in [0.15, 0.2) is 42.5 Å². The summed E-state index contributed by atoms with van der Waals surface area (Å²) in [6.45, 7) is 5.62. The number of nitrogens with zero attached hydrogens (tertiary/aromatic N) is 1. The molecule has 0 spiro atoms. The first-order valence-corrected chi connectivity index (χ1v) is 15.6. The summed E-state index contributed by atoms with van der Waals surface area (Å²) in [5.74, 6) is -1.50. The van der Waals surface area contributed by atoms with Crippen LogP contribution in [0.4, 0.5) is 0 Å². The van der Waals surface area contributed by atoms with Crippen molar-refractivity contribution in [1.29, 1.82) is 0 Å². The molecule has 5 rings (SSSR count). The van der Waals surface area contributed by atoms with E-state index < -0.39 is 29.1 Å². The van der Waals surface area contributed by atoms with Gasteiger partial charge in [0, 0.05) is 31.5 Å². The van der Waals surface area contributed by atoms with Gasteiger partial charge in [0.15, 0.2) is 0 Å². The summed E-state index contributed by atoms with van der Waals surface area (Å²) < 4.78 is 12.3. The van der Waals surface area contributed by atoms with Gasteiger partial charge in [0.05, 0.1) is 18.3 Å². The number of benzene rings is 2. The predicted molar refractivity (Wildman–Crippen MR) is 163 cm³/mol. The van der Waals surface area contributed by atoms with Crippen LogP contribution in [-0.2, 0) is 37.7 Å². The summed E-state index contributed by atoms with van der Waals surface area (Å²) in [6.07, 6.45) is 3.16. The average Bonchev–Trinajstić information content (AvgIpc) is 3.25. The zero-order valence-corrected chi connectivity index (χ0v) is 25.9. The molecule has 234 valence electrons. The highest BCUT2D eigenvalue weighted by Crippen LogP contribution is 2.49. The molecule has 43 heavy (non-hydrogen) atoms. The maximum absolute atomic E-state index is 12.7. The third kappa shape index (κ3) is 6.81. The number of aliphatic hydroxyl groups excluding tert-OH is 2. The van der Waals surface area contributed by atoms with Gasteiger partial charge in [-0.15, -0.1) is 0 Å². The Morgan fingerprint density at radius 3 is 2.47 bits per heavy atom. The Kier molecular flexibility index (Phi) is 9.30. The van der Waals surface area contributed by atoms with Crippen LogP contribution in [0.1, 0.15) is 73.3 Å². The number of nitrogens with one attached hydrogen (secondary N) is 2. The zero-order valence-electron chi connectivity index (χ0n) is 25.9. The van der Waals surface area contributed by atoms with E-state index in [1.165, 1.54) is 0 Å². The standard InChI is InChI=1S/C34H47N3O6/c1-23-9-14-27(34-30(40)28(38)21-32(2,43-34)22-42-34)20-26(23)19-25-12-10-24(11-13-25)7-5-8-29(39)36-33(15-6-16-33)31(41)35-17-18-37(3)4/h9-14,20,28,30,38,40H,5-8,15-19,21-22H2,1-4H3,(H,35,41)(H,36,39)/t28-,30+,32+,34-/m0/s1. The Morgan fingerprint density at radius 1 is 1.07 bits per heavy atom. The summed E-state index contributed by atoms with van der Waals surface area (Å²) in [4.78, 5) is 27.5. The second-order valence-electron chi connectivity index (χ2n) is 13.3. The fourth-order valence-electron chi connectivity index (χ4n) is 6.46. The molecule has 2 bridgehead atoms. The van der Waals surface area contributed by atoms with Crippen LogP contribution in [0.5, 0.6) is 0 Å². The molecule has 3 aliphatic rings. The van der Waals surface area contributed by atoms with Gasteiger partial charge >= 0.3 is 0 Å². The molecule has 1 saturated carbocycles. The van der Waals surface area contributed by atoms with Crippen molar-refractivity contribution < 1.29 is 29.3 Å². The molecular weight excluding hydrogens is 546 g/mol. The van der Waals surface area contributed by atoms with Gasteiger partial charge in [-0.3, -0.25) is 9.59 Å². The van der Waals surface area contributed by atoms with Crippen molar-refractivity contribution in [3.8, 4) is 0 Å². The Bertz CT molecular complexity index is 1310. The topological polar surface area (TPSA) is 120 Å². The lowest BCUT2D eigenvalue weighted by Crippen LogP contribution is -2.63. The fourth-order valence-corrected chi connectivity index (χ4v) is 6.46. The number of aliphatic hydroxyl groups is 2. The van der Waals surface area contributed by atoms with Crippen molar-refractivity contribution in [1.82, 2.24) is 15.5 Å². The largest absolute Gasteiger partial charge is 0.390 e. The quantitative estimate of drug-likeness (QED) is 0.299. The van der Waals surface area contributed by atoms with Crippen LogP contribution in [0.3, 0.4) is 0 Å². The molecule has 2 aromatic rings. The molecule has 2 saturated heterocycles. The number of aryl methyl sites for hydroxylation is 2. The van der Waals surface area contributed by atoms with E-state index in [-0.39, 0.29) is 11.8 Å². The lowest BCUT2D eigenvalue weighted by molar-refractivity contribution is -0.296. The van der Waals surface area contributed by atoms with E-state index in [9.17, 15) is 19.8 Å². The second kappa shape index (κ2) is 12.7. The number of ether oxygens (including phenoxy) is 2. The number of hydrogen-bond donors (Lipinski definition) is 4. The minimum atomic E-state index is -1.36. The Balaban J connectivity index is 1.14. The van der Waals surface area contributed by atoms with E-state index in [4.69, 9.17) is 9.47 Å². The highest BCUT2D eigenvalue weighted by molar-refractivity contribution is 5.92. The van der Waals surface area contributed by atoms with E-state index in [0.29, 0.717) is 57.2 Å². The minimum Gasteiger partial charge on any atom is -0.390 e. The molecule has 4 atom stereocenters. The van der Waals surface area contributed by atoms with Gasteiger partial charge in [-0.05, 0) is 94.8 Å². The summed E-state index contributed by atoms with van der Waals surface area (Å²) in [5, 5.41) is 27.4. The van der Waals surface area contributed by atoms with Gasteiger partial charge in [-0.1, -0.05) is 36.4 Å². The molecule has 0 aromatic heterocycles. The molecule has 0 unspecified atom stereocenters. The van der Waals surface area contributed by atoms with E-state index in [2.05, 4.69) is 41.8 Å². The molecule has 2 amide bonds. The van der Waals surface area contributed by atoms with E-state index in [1.54, 1.807) is 0 Å². The van der Waals surface area contributed by atoms with Crippen molar-refractivity contribution in [3.63, 3.8) is 0 Å². The molecule has 9 nitrogen and oxygen atoms in total. The molecule has 0 radical (unpaired) electrons. The van der Waals surface area contributed by atoms with Gasteiger partial charge < -0.3 is 35.2 Å². The van der Waals surface area contributed by atoms with Crippen LogP contribution < -0.4 is 10.6 Å². The van der Waals surface area contributed by atoms with Gasteiger partial charge in [0.1, 0.15) is 11.6 Å². The molecule has 2 aromatic carbocycles. The smallest absolute Gasteiger partial charge is 0.245 e. The molecule has 1 aliphatic carbocycles. The summed E-state index contributed by atoms with van der Waals surface area (Å²) >= 11 is 0. The number of hydrogen-bond acceptors (Lipinski definition) is 7. The highest BCUT2D eigenvalue weighted by Gasteiger charge is 2.61. The Hall–Kier alpha value is -2.82. The van der Waals surface area contributed by atoms with Crippen molar-refractivity contribution >= 4 is 11.8 Å². The van der Waals surface area contributed by atoms with Crippen LogP contribution in [0.25, 0.3) is 0 Å². The number of carbonyl (C=O) groups excluding carboxylic acids is 2. The second-order valence-corrected chi connectivity index (χ2v) is 13.3. The van der Waals surface area contributed by atoms with Crippen LogP contribution >= 0.6 is 0 Å². The summed E-state index contributed by atoms with van der Waals surface area (Å²) in [5.41, 5.74) is 3.87. The van der Waals surface area contributed by atoms with Gasteiger partial charge in [-0.2, -0.15) is 0 Å².